The van der Waals surface area contributed by atoms with Gasteiger partial charge in [-0.25, -0.2) is 25.6 Å². The molecule has 0 aliphatic carbocycles. The first-order valence-electron chi connectivity index (χ1n) is 14.3. The molecule has 0 radical (unpaired) electrons. The topological polar surface area (TPSA) is 65.1 Å². The molecule has 0 amide bonds. The summed E-state index contributed by atoms with van der Waals surface area (Å²) in [4.78, 5) is 0.368. The van der Waals surface area contributed by atoms with Crippen molar-refractivity contribution in [2.45, 2.75) is 72.3 Å². The second kappa shape index (κ2) is 13.0. The standard InChI is InChI=1S/C34H36F5NO5S2/c1-33(2,3)43-22-11-17-25(18-12-22)46(24-15-9-21(10-16-24)40(7)8,26-19-13-23(14-20-26)44-34(4,5)6)45-47(41,42)32-30(38)28(36)27(35)29(37)31(32)39/h9-20H,1-8H3. The van der Waals surface area contributed by atoms with E-state index in [0.717, 1.165) is 5.69 Å². The van der Waals surface area contributed by atoms with Gasteiger partial charge in [0.2, 0.25) is 5.82 Å². The maximum absolute atomic E-state index is 15.0. The van der Waals surface area contributed by atoms with Crippen LogP contribution in [-0.4, -0.2) is 33.7 Å². The molecule has 0 fully saturated rings. The number of ether oxygens (including phenoxy) is 2. The highest BCUT2D eigenvalue weighted by atomic mass is 32.3. The van der Waals surface area contributed by atoms with Gasteiger partial charge in [0, 0.05) is 34.5 Å². The van der Waals surface area contributed by atoms with Crippen LogP contribution in [0.15, 0.2) is 92.4 Å². The maximum Gasteiger partial charge on any atom is 0.313 e. The highest BCUT2D eigenvalue weighted by Crippen LogP contribution is 2.70. The van der Waals surface area contributed by atoms with Crippen molar-refractivity contribution in [3.05, 3.63) is 102 Å². The predicted octanol–water partition coefficient (Wildman–Crippen LogP) is 9.40. The summed E-state index contributed by atoms with van der Waals surface area (Å²) in [5.41, 5.74) is -0.434. The second-order valence-corrected chi connectivity index (χ2v) is 17.1. The number of anilines is 1. The van der Waals surface area contributed by atoms with Gasteiger partial charge >= 0.3 is 10.1 Å². The summed E-state index contributed by atoms with van der Waals surface area (Å²) in [6.45, 7) is 11.0. The molecule has 0 saturated heterocycles. The largest absolute Gasteiger partial charge is 0.488 e. The Morgan fingerprint density at radius 1 is 0.532 bits per heavy atom. The molecule has 13 heteroatoms. The quantitative estimate of drug-likeness (QED) is 0.0987. The first-order chi connectivity index (χ1) is 21.7. The van der Waals surface area contributed by atoms with Crippen LogP contribution in [0.3, 0.4) is 0 Å². The molecule has 0 heterocycles. The molecule has 0 unspecified atom stereocenters. The molecule has 4 aromatic carbocycles. The minimum Gasteiger partial charge on any atom is -0.488 e. The van der Waals surface area contributed by atoms with E-state index >= 15 is 8.78 Å². The third kappa shape index (κ3) is 7.68. The molecular formula is C34H36F5NO5S2. The van der Waals surface area contributed by atoms with E-state index in [0.29, 0.717) is 11.5 Å². The fourth-order valence-electron chi connectivity index (χ4n) is 4.54. The molecule has 254 valence electrons. The Kier molecular flexibility index (Phi) is 9.97. The van der Waals surface area contributed by atoms with E-state index in [1.54, 1.807) is 67.5 Å². The molecule has 0 bridgehead atoms. The van der Waals surface area contributed by atoms with Crippen molar-refractivity contribution in [3.63, 3.8) is 0 Å². The zero-order valence-corrected chi connectivity index (χ0v) is 28.8. The lowest BCUT2D eigenvalue weighted by Crippen LogP contribution is -2.23. The van der Waals surface area contributed by atoms with Crippen LogP contribution in [0.25, 0.3) is 0 Å². The fraction of sp³-hybridized carbons (Fsp3) is 0.294. The van der Waals surface area contributed by atoms with Gasteiger partial charge in [-0.15, -0.1) is 0 Å². The third-order valence-electron chi connectivity index (χ3n) is 6.46. The van der Waals surface area contributed by atoms with Crippen molar-refractivity contribution in [3.8, 4) is 11.5 Å². The molecule has 0 atom stereocenters. The summed E-state index contributed by atoms with van der Waals surface area (Å²) in [6.07, 6.45) is 0. The first-order valence-corrected chi connectivity index (χ1v) is 17.3. The monoisotopic (exact) mass is 697 g/mol. The number of hydrogen-bond donors (Lipinski definition) is 0. The minimum atomic E-state index is -5.72. The van der Waals surface area contributed by atoms with Crippen LogP contribution in [-0.2, 0) is 13.7 Å². The molecule has 0 N–H and O–H groups in total. The summed E-state index contributed by atoms with van der Waals surface area (Å²) >= 11 is 0. The first kappa shape index (κ1) is 36.0. The molecule has 0 aliphatic heterocycles. The van der Waals surface area contributed by atoms with Crippen molar-refractivity contribution in [1.29, 1.82) is 0 Å². The summed E-state index contributed by atoms with van der Waals surface area (Å²) in [7, 11) is -5.70. The van der Waals surface area contributed by atoms with Crippen molar-refractivity contribution in [1.82, 2.24) is 0 Å². The lowest BCUT2D eigenvalue weighted by molar-refractivity contribution is 0.130. The van der Waals surface area contributed by atoms with Gasteiger partial charge in [-0.2, -0.15) is 8.42 Å². The zero-order chi connectivity index (χ0) is 35.1. The number of benzene rings is 4. The Balaban J connectivity index is 2.07. The van der Waals surface area contributed by atoms with E-state index in [9.17, 15) is 21.6 Å². The van der Waals surface area contributed by atoms with Crippen LogP contribution < -0.4 is 14.4 Å². The van der Waals surface area contributed by atoms with Gasteiger partial charge in [-0.1, -0.05) is 0 Å². The minimum absolute atomic E-state index is 0.216. The average molecular weight is 698 g/mol. The average Bonchev–Trinajstić information content (AvgIpc) is 2.97. The SMILES string of the molecule is CN(C)c1ccc(S(OS(=O)(=O)c2c(F)c(F)c(F)c(F)c2F)(c2ccc(OC(C)(C)C)cc2)c2ccc(OC(C)(C)C)cc2)cc1. The van der Waals surface area contributed by atoms with Gasteiger partial charge in [-0.05, 0) is 125 Å². The van der Waals surface area contributed by atoms with Crippen molar-refractivity contribution in [2.24, 2.45) is 0 Å². The molecule has 0 aliphatic rings. The Bertz CT molecular complexity index is 1760. The van der Waals surface area contributed by atoms with Gasteiger partial charge in [0.25, 0.3) is 0 Å². The normalized spacial score (nSPS) is 13.0. The number of hydrogen-bond acceptors (Lipinski definition) is 6. The van der Waals surface area contributed by atoms with Crippen LogP contribution in [0.5, 0.6) is 11.5 Å². The highest BCUT2D eigenvalue weighted by molar-refractivity contribution is 8.33. The second-order valence-electron chi connectivity index (χ2n) is 12.7. The number of halogens is 5. The molecule has 47 heavy (non-hydrogen) atoms. The Morgan fingerprint density at radius 3 is 1.17 bits per heavy atom. The van der Waals surface area contributed by atoms with Crippen LogP contribution in [0.4, 0.5) is 27.6 Å². The lowest BCUT2D eigenvalue weighted by atomic mass is 10.2. The zero-order valence-electron chi connectivity index (χ0n) is 27.1. The van der Waals surface area contributed by atoms with Gasteiger partial charge in [0.15, 0.2) is 28.2 Å². The van der Waals surface area contributed by atoms with E-state index in [-0.39, 0.29) is 14.7 Å². The summed E-state index contributed by atoms with van der Waals surface area (Å²) < 4.78 is 118. The van der Waals surface area contributed by atoms with E-state index < -0.39 is 65.6 Å². The Morgan fingerprint density at radius 2 is 0.851 bits per heavy atom. The summed E-state index contributed by atoms with van der Waals surface area (Å²) in [6, 6.07) is 18.9. The molecule has 4 aromatic rings. The molecule has 4 rings (SSSR count). The molecule has 0 saturated carbocycles. The fourth-order valence-corrected chi connectivity index (χ4v) is 9.82. The van der Waals surface area contributed by atoms with Crippen LogP contribution in [0.2, 0.25) is 0 Å². The third-order valence-corrected chi connectivity index (χ3v) is 11.7. The Hall–Kier alpha value is -3.81. The van der Waals surface area contributed by atoms with E-state index in [2.05, 4.69) is 0 Å². The van der Waals surface area contributed by atoms with Gasteiger partial charge in [-0.3, -0.25) is 0 Å². The van der Waals surface area contributed by atoms with E-state index in [1.807, 2.05) is 41.5 Å². The molecule has 0 aromatic heterocycles. The smallest absolute Gasteiger partial charge is 0.313 e. The summed E-state index contributed by atoms with van der Waals surface area (Å²) in [5.74, 6) is -11.6. The molecule has 6 nitrogen and oxygen atoms in total. The predicted molar refractivity (Wildman–Crippen MR) is 171 cm³/mol. The van der Waals surface area contributed by atoms with Gasteiger partial charge < -0.3 is 14.4 Å². The molecular weight excluding hydrogens is 661 g/mol. The van der Waals surface area contributed by atoms with E-state index in [4.69, 9.17) is 13.1 Å². The summed E-state index contributed by atoms with van der Waals surface area (Å²) in [5, 5.41) is 0. The van der Waals surface area contributed by atoms with Crippen molar-refractivity contribution < 1.29 is 43.5 Å². The van der Waals surface area contributed by atoms with Crippen LogP contribution in [0.1, 0.15) is 41.5 Å². The highest BCUT2D eigenvalue weighted by Gasteiger charge is 2.43. The molecule has 0 spiro atoms. The maximum atomic E-state index is 15.0. The van der Waals surface area contributed by atoms with E-state index in [1.165, 1.54) is 24.3 Å². The van der Waals surface area contributed by atoms with Crippen molar-refractivity contribution in [2.75, 3.05) is 19.0 Å². The van der Waals surface area contributed by atoms with Gasteiger partial charge in [0.1, 0.15) is 22.7 Å². The number of nitrogens with zero attached hydrogens (tertiary/aromatic N) is 1. The number of rotatable bonds is 9. The van der Waals surface area contributed by atoms with Crippen LogP contribution in [0, 0.1) is 29.1 Å². The van der Waals surface area contributed by atoms with Crippen molar-refractivity contribution >= 4 is 26.1 Å². The van der Waals surface area contributed by atoms with Gasteiger partial charge in [0.05, 0.1) is 0 Å². The Labute approximate surface area is 273 Å². The lowest BCUT2D eigenvalue weighted by Gasteiger charge is -2.40. The van der Waals surface area contributed by atoms with Crippen LogP contribution >= 0.6 is 10.3 Å².